The van der Waals surface area contributed by atoms with E-state index in [4.69, 9.17) is 4.52 Å². The molecule has 0 aliphatic rings. The Morgan fingerprint density at radius 1 is 1.11 bits per heavy atom. The number of imidazole rings is 1. The lowest BCUT2D eigenvalue weighted by Crippen LogP contribution is -1.89. The van der Waals surface area contributed by atoms with E-state index in [2.05, 4.69) is 34.4 Å². The molecule has 0 radical (unpaired) electrons. The van der Waals surface area contributed by atoms with Crippen LogP contribution in [0, 0.1) is 13.8 Å². The molecule has 0 atom stereocenters. The molecule has 0 N–H and O–H groups in total. The second kappa shape index (κ2) is 4.14. The maximum absolute atomic E-state index is 5.19. The topological polar surface area (TPSA) is 43.9 Å². The first kappa shape index (κ1) is 10.8. The molecule has 0 unspecified atom stereocenters. The van der Waals surface area contributed by atoms with Crippen molar-refractivity contribution in [1.29, 1.82) is 0 Å². The first-order chi connectivity index (χ1) is 8.75. The number of aromatic nitrogens is 3. The number of aryl methyl sites for hydroxylation is 2. The van der Waals surface area contributed by atoms with Gasteiger partial charge in [0.05, 0.1) is 12.0 Å². The average molecular weight is 239 g/mol. The molecule has 0 spiro atoms. The Kier molecular flexibility index (Phi) is 2.48. The van der Waals surface area contributed by atoms with Gasteiger partial charge >= 0.3 is 0 Å². The van der Waals surface area contributed by atoms with Gasteiger partial charge < -0.3 is 9.09 Å². The van der Waals surface area contributed by atoms with E-state index in [1.54, 1.807) is 12.5 Å². The van der Waals surface area contributed by atoms with Crippen LogP contribution in [0.3, 0.4) is 0 Å². The Bertz CT molecular complexity index is 631. The molecule has 0 aliphatic heterocycles. The summed E-state index contributed by atoms with van der Waals surface area (Å²) in [6, 6.07) is 8.26. The summed E-state index contributed by atoms with van der Waals surface area (Å²) in [6.45, 7) is 3.88. The monoisotopic (exact) mass is 239 g/mol. The lowest BCUT2D eigenvalue weighted by Gasteiger charge is -2.04. The third-order valence-corrected chi connectivity index (χ3v) is 2.99. The van der Waals surface area contributed by atoms with E-state index in [9.17, 15) is 0 Å². The molecule has 18 heavy (non-hydrogen) atoms. The molecule has 0 saturated carbocycles. The smallest absolute Gasteiger partial charge is 0.141 e. The molecule has 1 aromatic carbocycles. The molecule has 0 aliphatic carbocycles. The Morgan fingerprint density at radius 2 is 1.89 bits per heavy atom. The minimum atomic E-state index is 0.850. The number of hydrogen-bond donors (Lipinski definition) is 0. The van der Waals surface area contributed by atoms with Crippen molar-refractivity contribution in [2.24, 2.45) is 0 Å². The van der Waals surface area contributed by atoms with Gasteiger partial charge in [-0.05, 0) is 31.5 Å². The van der Waals surface area contributed by atoms with Gasteiger partial charge in [-0.2, -0.15) is 0 Å². The van der Waals surface area contributed by atoms with E-state index in [-0.39, 0.29) is 0 Å². The van der Waals surface area contributed by atoms with Crippen molar-refractivity contribution < 1.29 is 4.52 Å². The summed E-state index contributed by atoms with van der Waals surface area (Å²) in [5, 5.41) is 3.97. The molecular weight excluding hydrogens is 226 g/mol. The predicted molar refractivity (Wildman–Crippen MR) is 68.5 cm³/mol. The van der Waals surface area contributed by atoms with Crippen molar-refractivity contribution >= 4 is 0 Å². The van der Waals surface area contributed by atoms with Crippen LogP contribution in [-0.4, -0.2) is 14.7 Å². The van der Waals surface area contributed by atoms with E-state index in [1.807, 2.05) is 24.6 Å². The fraction of sp³-hybridized carbons (Fsp3) is 0.143. The molecule has 2 heterocycles. The molecule has 0 fully saturated rings. The number of hydrogen-bond acceptors (Lipinski definition) is 3. The van der Waals surface area contributed by atoms with Gasteiger partial charge in [0.25, 0.3) is 0 Å². The second-order valence-corrected chi connectivity index (χ2v) is 4.22. The van der Waals surface area contributed by atoms with Crippen LogP contribution in [0.25, 0.3) is 16.8 Å². The number of rotatable bonds is 2. The quantitative estimate of drug-likeness (QED) is 0.690. The lowest BCUT2D eigenvalue weighted by atomic mass is 10.0. The van der Waals surface area contributed by atoms with E-state index in [0.29, 0.717) is 0 Å². The zero-order valence-corrected chi connectivity index (χ0v) is 10.3. The van der Waals surface area contributed by atoms with Crippen molar-refractivity contribution in [2.75, 3.05) is 0 Å². The SMILES string of the molecule is Cc1noc(C)c1-c1ccc(-n2ccnc2)cc1. The van der Waals surface area contributed by atoms with Gasteiger partial charge in [0.2, 0.25) is 0 Å². The summed E-state index contributed by atoms with van der Waals surface area (Å²) in [6.07, 6.45) is 5.47. The minimum absolute atomic E-state index is 0.850. The fourth-order valence-corrected chi connectivity index (χ4v) is 2.11. The van der Waals surface area contributed by atoms with Gasteiger partial charge in [-0.25, -0.2) is 4.98 Å². The van der Waals surface area contributed by atoms with Crippen LogP contribution in [0.2, 0.25) is 0 Å². The van der Waals surface area contributed by atoms with Crippen LogP contribution in [0.15, 0.2) is 47.5 Å². The number of nitrogens with zero attached hydrogens (tertiary/aromatic N) is 3. The lowest BCUT2D eigenvalue weighted by molar-refractivity contribution is 0.393. The van der Waals surface area contributed by atoms with Crippen molar-refractivity contribution in [1.82, 2.24) is 14.7 Å². The van der Waals surface area contributed by atoms with Crippen LogP contribution in [-0.2, 0) is 0 Å². The van der Waals surface area contributed by atoms with Crippen molar-refractivity contribution in [3.8, 4) is 16.8 Å². The zero-order chi connectivity index (χ0) is 12.5. The highest BCUT2D eigenvalue weighted by Gasteiger charge is 2.10. The standard InChI is InChI=1S/C14H13N3O/c1-10-14(11(2)18-16-10)12-3-5-13(6-4-12)17-8-7-15-9-17/h3-9H,1-2H3. The van der Waals surface area contributed by atoms with Gasteiger partial charge in [-0.15, -0.1) is 0 Å². The summed E-state index contributed by atoms with van der Waals surface area (Å²) in [5.74, 6) is 0.850. The maximum Gasteiger partial charge on any atom is 0.141 e. The van der Waals surface area contributed by atoms with Crippen LogP contribution < -0.4 is 0 Å². The summed E-state index contributed by atoms with van der Waals surface area (Å²) in [4.78, 5) is 4.04. The van der Waals surface area contributed by atoms with Crippen LogP contribution in [0.5, 0.6) is 0 Å². The molecule has 90 valence electrons. The third-order valence-electron chi connectivity index (χ3n) is 2.99. The first-order valence-corrected chi connectivity index (χ1v) is 5.77. The second-order valence-electron chi connectivity index (χ2n) is 4.22. The molecular formula is C14H13N3O. The molecule has 3 rings (SSSR count). The summed E-state index contributed by atoms with van der Waals surface area (Å²) < 4.78 is 7.16. The van der Waals surface area contributed by atoms with Crippen LogP contribution >= 0.6 is 0 Å². The molecule has 0 amide bonds. The molecule has 4 heteroatoms. The van der Waals surface area contributed by atoms with Crippen molar-refractivity contribution in [2.45, 2.75) is 13.8 Å². The molecule has 0 saturated heterocycles. The van der Waals surface area contributed by atoms with Crippen molar-refractivity contribution in [3.05, 3.63) is 54.4 Å². The fourth-order valence-electron chi connectivity index (χ4n) is 2.11. The van der Waals surface area contributed by atoms with Gasteiger partial charge in [-0.3, -0.25) is 0 Å². The van der Waals surface area contributed by atoms with Crippen LogP contribution in [0.1, 0.15) is 11.5 Å². The summed E-state index contributed by atoms with van der Waals surface area (Å²) >= 11 is 0. The summed E-state index contributed by atoms with van der Waals surface area (Å²) in [5.41, 5.74) is 4.20. The zero-order valence-electron chi connectivity index (χ0n) is 10.3. The Labute approximate surface area is 105 Å². The molecule has 0 bridgehead atoms. The van der Waals surface area contributed by atoms with E-state index >= 15 is 0 Å². The minimum Gasteiger partial charge on any atom is -0.361 e. The largest absolute Gasteiger partial charge is 0.361 e. The predicted octanol–water partition coefficient (Wildman–Crippen LogP) is 3.14. The van der Waals surface area contributed by atoms with Crippen LogP contribution in [0.4, 0.5) is 0 Å². The highest BCUT2D eigenvalue weighted by molar-refractivity contribution is 5.68. The number of benzene rings is 1. The van der Waals surface area contributed by atoms with E-state index < -0.39 is 0 Å². The average Bonchev–Trinajstić information content (AvgIpc) is 3.01. The Hall–Kier alpha value is -2.36. The first-order valence-electron chi connectivity index (χ1n) is 5.77. The highest BCUT2D eigenvalue weighted by atomic mass is 16.5. The van der Waals surface area contributed by atoms with E-state index in [0.717, 1.165) is 28.3 Å². The van der Waals surface area contributed by atoms with Gasteiger partial charge in [0.1, 0.15) is 5.76 Å². The molecule has 3 aromatic rings. The van der Waals surface area contributed by atoms with Gasteiger partial charge in [0, 0.05) is 23.6 Å². The highest BCUT2D eigenvalue weighted by Crippen LogP contribution is 2.27. The van der Waals surface area contributed by atoms with Gasteiger partial charge in [0.15, 0.2) is 0 Å². The van der Waals surface area contributed by atoms with E-state index in [1.165, 1.54) is 0 Å². The normalized spacial score (nSPS) is 10.8. The summed E-state index contributed by atoms with van der Waals surface area (Å²) in [7, 11) is 0. The third kappa shape index (κ3) is 1.72. The Balaban J connectivity index is 2.02. The Morgan fingerprint density at radius 3 is 2.44 bits per heavy atom. The molecule has 4 nitrogen and oxygen atoms in total. The van der Waals surface area contributed by atoms with Gasteiger partial charge in [-0.1, -0.05) is 17.3 Å². The van der Waals surface area contributed by atoms with Crippen molar-refractivity contribution in [3.63, 3.8) is 0 Å². The molecule has 2 aromatic heterocycles. The maximum atomic E-state index is 5.19.